The summed E-state index contributed by atoms with van der Waals surface area (Å²) in [7, 11) is 0. The van der Waals surface area contributed by atoms with Crippen LogP contribution in [0.2, 0.25) is 5.28 Å². The topological polar surface area (TPSA) is 58.0 Å². The van der Waals surface area contributed by atoms with Gasteiger partial charge in [-0.15, -0.1) is 0 Å². The molecule has 1 unspecified atom stereocenters. The molecule has 0 saturated heterocycles. The van der Waals surface area contributed by atoms with Gasteiger partial charge in [-0.05, 0) is 31.0 Å². The SMILES string of the molecule is CC(O)CCNc1ccnc(Cl)n1. The molecule has 0 fully saturated rings. The van der Waals surface area contributed by atoms with Crippen LogP contribution >= 0.6 is 11.6 Å². The van der Waals surface area contributed by atoms with Crippen LogP contribution < -0.4 is 5.32 Å². The number of nitrogens with one attached hydrogen (secondary N) is 1. The third-order valence-corrected chi connectivity index (χ3v) is 1.68. The van der Waals surface area contributed by atoms with Gasteiger partial charge in [0.05, 0.1) is 6.10 Å². The summed E-state index contributed by atoms with van der Waals surface area (Å²) in [6.45, 7) is 2.42. The van der Waals surface area contributed by atoms with Gasteiger partial charge in [-0.25, -0.2) is 9.97 Å². The van der Waals surface area contributed by atoms with Crippen molar-refractivity contribution in [1.29, 1.82) is 0 Å². The van der Waals surface area contributed by atoms with E-state index >= 15 is 0 Å². The Hall–Kier alpha value is -0.870. The van der Waals surface area contributed by atoms with Crippen molar-refractivity contribution in [2.45, 2.75) is 19.4 Å². The first-order chi connectivity index (χ1) is 6.18. The average Bonchev–Trinajstić information content (AvgIpc) is 2.03. The van der Waals surface area contributed by atoms with Crippen molar-refractivity contribution in [1.82, 2.24) is 9.97 Å². The standard InChI is InChI=1S/C8H12ClN3O/c1-6(13)2-4-10-7-3-5-11-8(9)12-7/h3,5-6,13H,2,4H2,1H3,(H,10,11,12). The summed E-state index contributed by atoms with van der Waals surface area (Å²) in [6, 6.07) is 1.73. The van der Waals surface area contributed by atoms with Gasteiger partial charge in [-0.3, -0.25) is 0 Å². The van der Waals surface area contributed by atoms with Crippen LogP contribution in [0.15, 0.2) is 12.3 Å². The molecule has 0 saturated carbocycles. The average molecular weight is 202 g/mol. The van der Waals surface area contributed by atoms with Crippen molar-refractivity contribution in [3.63, 3.8) is 0 Å². The summed E-state index contributed by atoms with van der Waals surface area (Å²) in [5.41, 5.74) is 0. The number of anilines is 1. The van der Waals surface area contributed by atoms with E-state index in [9.17, 15) is 0 Å². The first-order valence-electron chi connectivity index (χ1n) is 4.09. The number of aromatic nitrogens is 2. The lowest BCUT2D eigenvalue weighted by Gasteiger charge is -2.06. The number of hydrogen-bond acceptors (Lipinski definition) is 4. The molecule has 0 bridgehead atoms. The molecule has 0 aliphatic heterocycles. The first-order valence-corrected chi connectivity index (χ1v) is 4.47. The molecular formula is C8H12ClN3O. The minimum Gasteiger partial charge on any atom is -0.393 e. The van der Waals surface area contributed by atoms with E-state index in [1.807, 2.05) is 0 Å². The second-order valence-corrected chi connectivity index (χ2v) is 3.11. The van der Waals surface area contributed by atoms with Gasteiger partial charge in [-0.1, -0.05) is 0 Å². The lowest BCUT2D eigenvalue weighted by molar-refractivity contribution is 0.188. The highest BCUT2D eigenvalue weighted by atomic mass is 35.5. The van der Waals surface area contributed by atoms with Crippen LogP contribution in [0, 0.1) is 0 Å². The number of aliphatic hydroxyl groups excluding tert-OH is 1. The molecule has 1 aromatic rings. The Labute approximate surface area is 82.0 Å². The van der Waals surface area contributed by atoms with Gasteiger partial charge in [-0.2, -0.15) is 0 Å². The van der Waals surface area contributed by atoms with E-state index in [2.05, 4.69) is 15.3 Å². The smallest absolute Gasteiger partial charge is 0.224 e. The van der Waals surface area contributed by atoms with Crippen LogP contribution in [-0.4, -0.2) is 27.7 Å². The molecule has 0 aliphatic carbocycles. The highest BCUT2D eigenvalue weighted by Gasteiger charge is 1.97. The second-order valence-electron chi connectivity index (χ2n) is 2.78. The fourth-order valence-electron chi connectivity index (χ4n) is 0.842. The van der Waals surface area contributed by atoms with Gasteiger partial charge in [0, 0.05) is 12.7 Å². The maximum atomic E-state index is 8.99. The van der Waals surface area contributed by atoms with Gasteiger partial charge in [0.2, 0.25) is 5.28 Å². The van der Waals surface area contributed by atoms with Gasteiger partial charge in [0.1, 0.15) is 5.82 Å². The van der Waals surface area contributed by atoms with Crippen molar-refractivity contribution in [3.8, 4) is 0 Å². The van der Waals surface area contributed by atoms with E-state index in [1.54, 1.807) is 19.2 Å². The van der Waals surface area contributed by atoms with E-state index in [0.29, 0.717) is 18.8 Å². The summed E-state index contributed by atoms with van der Waals surface area (Å²) >= 11 is 5.57. The van der Waals surface area contributed by atoms with Crippen molar-refractivity contribution >= 4 is 17.4 Å². The molecule has 72 valence electrons. The number of hydrogen-bond donors (Lipinski definition) is 2. The van der Waals surface area contributed by atoms with Crippen LogP contribution in [0.1, 0.15) is 13.3 Å². The Kier molecular flexibility index (Phi) is 3.92. The Morgan fingerprint density at radius 1 is 1.69 bits per heavy atom. The summed E-state index contributed by atoms with van der Waals surface area (Å²) in [5, 5.41) is 12.2. The van der Waals surface area contributed by atoms with Crippen LogP contribution in [0.25, 0.3) is 0 Å². The molecule has 1 rings (SSSR count). The monoisotopic (exact) mass is 201 g/mol. The number of rotatable bonds is 4. The molecule has 1 heterocycles. The molecular weight excluding hydrogens is 190 g/mol. The highest BCUT2D eigenvalue weighted by molar-refractivity contribution is 6.28. The maximum Gasteiger partial charge on any atom is 0.224 e. The molecule has 0 aliphatic rings. The lowest BCUT2D eigenvalue weighted by Crippen LogP contribution is -2.10. The Morgan fingerprint density at radius 3 is 3.08 bits per heavy atom. The molecule has 0 radical (unpaired) electrons. The normalized spacial score (nSPS) is 12.5. The Morgan fingerprint density at radius 2 is 2.46 bits per heavy atom. The van der Waals surface area contributed by atoms with E-state index in [-0.39, 0.29) is 11.4 Å². The largest absolute Gasteiger partial charge is 0.393 e. The molecule has 13 heavy (non-hydrogen) atoms. The molecule has 0 spiro atoms. The van der Waals surface area contributed by atoms with Gasteiger partial charge < -0.3 is 10.4 Å². The molecule has 5 heteroatoms. The van der Waals surface area contributed by atoms with Crippen molar-refractivity contribution in [2.24, 2.45) is 0 Å². The fraction of sp³-hybridized carbons (Fsp3) is 0.500. The molecule has 1 atom stereocenters. The zero-order valence-electron chi connectivity index (χ0n) is 7.37. The van der Waals surface area contributed by atoms with Crippen LogP contribution in [0.3, 0.4) is 0 Å². The number of aliphatic hydroxyl groups is 1. The Balaban J connectivity index is 2.37. The zero-order chi connectivity index (χ0) is 9.68. The van der Waals surface area contributed by atoms with E-state index in [4.69, 9.17) is 16.7 Å². The number of nitrogens with zero attached hydrogens (tertiary/aromatic N) is 2. The minimum absolute atomic E-state index is 0.224. The predicted molar refractivity (Wildman–Crippen MR) is 51.8 cm³/mol. The van der Waals surface area contributed by atoms with Crippen LogP contribution in [0.4, 0.5) is 5.82 Å². The van der Waals surface area contributed by atoms with Gasteiger partial charge in [0.25, 0.3) is 0 Å². The molecule has 2 N–H and O–H groups in total. The fourth-order valence-corrected chi connectivity index (χ4v) is 0.990. The third-order valence-electron chi connectivity index (χ3n) is 1.49. The zero-order valence-corrected chi connectivity index (χ0v) is 8.12. The van der Waals surface area contributed by atoms with Crippen LogP contribution in [0.5, 0.6) is 0 Å². The van der Waals surface area contributed by atoms with Gasteiger partial charge >= 0.3 is 0 Å². The first kappa shape index (κ1) is 10.2. The van der Waals surface area contributed by atoms with Crippen molar-refractivity contribution in [2.75, 3.05) is 11.9 Å². The van der Waals surface area contributed by atoms with Crippen LogP contribution in [-0.2, 0) is 0 Å². The quantitative estimate of drug-likeness (QED) is 0.722. The van der Waals surface area contributed by atoms with E-state index in [0.717, 1.165) is 0 Å². The molecule has 4 nitrogen and oxygen atoms in total. The molecule has 0 aromatic carbocycles. The summed E-state index contributed by atoms with van der Waals surface area (Å²) in [5.74, 6) is 0.681. The lowest BCUT2D eigenvalue weighted by atomic mass is 10.3. The summed E-state index contributed by atoms with van der Waals surface area (Å²) in [4.78, 5) is 7.68. The van der Waals surface area contributed by atoms with Gasteiger partial charge in [0.15, 0.2) is 0 Å². The minimum atomic E-state index is -0.301. The highest BCUT2D eigenvalue weighted by Crippen LogP contribution is 2.05. The summed E-state index contributed by atoms with van der Waals surface area (Å²) < 4.78 is 0. The molecule has 1 aromatic heterocycles. The third kappa shape index (κ3) is 4.05. The van der Waals surface area contributed by atoms with E-state index < -0.39 is 0 Å². The van der Waals surface area contributed by atoms with E-state index in [1.165, 1.54) is 0 Å². The molecule has 0 amide bonds. The summed E-state index contributed by atoms with van der Waals surface area (Å²) in [6.07, 6.45) is 1.96. The maximum absolute atomic E-state index is 8.99. The predicted octanol–water partition coefficient (Wildman–Crippen LogP) is 1.31. The Bertz CT molecular complexity index is 267. The number of halogens is 1. The second kappa shape index (κ2) is 4.99. The van der Waals surface area contributed by atoms with Crippen molar-refractivity contribution in [3.05, 3.63) is 17.5 Å². The van der Waals surface area contributed by atoms with Crippen molar-refractivity contribution < 1.29 is 5.11 Å².